The van der Waals surface area contributed by atoms with Gasteiger partial charge in [0.1, 0.15) is 5.82 Å². The summed E-state index contributed by atoms with van der Waals surface area (Å²) in [6.07, 6.45) is 2.59. The smallest absolute Gasteiger partial charge is 0.253 e. The largest absolute Gasteiger partial charge is 0.394 e. The number of benzene rings is 2. The van der Waals surface area contributed by atoms with Crippen molar-refractivity contribution >= 4 is 16.9 Å². The van der Waals surface area contributed by atoms with Crippen molar-refractivity contribution in [3.63, 3.8) is 0 Å². The molecular formula is C22H24N4O2. The van der Waals surface area contributed by atoms with Crippen LogP contribution in [0.2, 0.25) is 0 Å². The van der Waals surface area contributed by atoms with Gasteiger partial charge >= 0.3 is 0 Å². The standard InChI is InChI=1S/C22H24N4O2/c27-14-17-13-26-20-18(22(28)23-17)4-3-5-19(20)24-21(26)16-8-6-15(7-9-16)12-25-10-1-2-11-25/h3-9,17,27H,1-2,10-14H2,(H,23,28)/t17-/m1/s1. The first kappa shape index (κ1) is 17.4. The summed E-state index contributed by atoms with van der Waals surface area (Å²) < 4.78 is 2.07. The average Bonchev–Trinajstić information content (AvgIpc) is 3.32. The number of rotatable bonds is 4. The summed E-state index contributed by atoms with van der Waals surface area (Å²) >= 11 is 0. The summed E-state index contributed by atoms with van der Waals surface area (Å²) in [4.78, 5) is 19.9. The second kappa shape index (κ2) is 7.04. The number of amides is 1. The Hall–Kier alpha value is -2.70. The first-order valence-electron chi connectivity index (χ1n) is 9.95. The number of hydrogen-bond donors (Lipinski definition) is 2. The van der Waals surface area contributed by atoms with Gasteiger partial charge in [-0.1, -0.05) is 30.3 Å². The molecule has 1 aromatic heterocycles. The van der Waals surface area contributed by atoms with Crippen molar-refractivity contribution < 1.29 is 9.90 Å². The number of likely N-dealkylation sites (tertiary alicyclic amines) is 1. The van der Waals surface area contributed by atoms with Crippen molar-refractivity contribution in [3.05, 3.63) is 53.6 Å². The molecule has 28 heavy (non-hydrogen) atoms. The van der Waals surface area contributed by atoms with Gasteiger partial charge in [0.15, 0.2) is 0 Å². The number of nitrogens with one attached hydrogen (secondary N) is 1. The van der Waals surface area contributed by atoms with Crippen LogP contribution in [0.5, 0.6) is 0 Å². The maximum atomic E-state index is 12.5. The first-order chi connectivity index (χ1) is 13.7. The summed E-state index contributed by atoms with van der Waals surface area (Å²) in [5.41, 5.74) is 4.59. The Bertz CT molecular complexity index is 1020. The van der Waals surface area contributed by atoms with E-state index in [1.165, 1.54) is 31.5 Å². The molecule has 0 spiro atoms. The fraction of sp³-hybridized carbons (Fsp3) is 0.364. The molecular weight excluding hydrogens is 352 g/mol. The van der Waals surface area contributed by atoms with Gasteiger partial charge in [0.25, 0.3) is 5.91 Å². The summed E-state index contributed by atoms with van der Waals surface area (Å²) in [5, 5.41) is 12.6. The predicted octanol–water partition coefficient (Wildman–Crippen LogP) is 2.40. The van der Waals surface area contributed by atoms with Gasteiger partial charge in [-0.25, -0.2) is 4.98 Å². The minimum absolute atomic E-state index is 0.104. The van der Waals surface area contributed by atoms with Crippen LogP contribution in [0.4, 0.5) is 0 Å². The van der Waals surface area contributed by atoms with E-state index in [0.717, 1.165) is 29.0 Å². The van der Waals surface area contributed by atoms with E-state index in [0.29, 0.717) is 12.1 Å². The van der Waals surface area contributed by atoms with Crippen LogP contribution in [-0.4, -0.2) is 51.2 Å². The van der Waals surface area contributed by atoms with E-state index < -0.39 is 0 Å². The summed E-state index contributed by atoms with van der Waals surface area (Å²) in [6.45, 7) is 3.76. The lowest BCUT2D eigenvalue weighted by Crippen LogP contribution is -2.38. The predicted molar refractivity (Wildman–Crippen MR) is 108 cm³/mol. The number of carbonyl (C=O) groups is 1. The van der Waals surface area contributed by atoms with Gasteiger partial charge in [-0.15, -0.1) is 0 Å². The number of aliphatic hydroxyl groups excluding tert-OH is 1. The summed E-state index contributed by atoms with van der Waals surface area (Å²) in [7, 11) is 0. The minimum Gasteiger partial charge on any atom is -0.394 e. The van der Waals surface area contributed by atoms with Crippen LogP contribution in [0.15, 0.2) is 42.5 Å². The van der Waals surface area contributed by atoms with Crippen molar-refractivity contribution in [2.45, 2.75) is 32.0 Å². The van der Waals surface area contributed by atoms with Gasteiger partial charge in [0.2, 0.25) is 0 Å². The zero-order valence-corrected chi connectivity index (χ0v) is 15.8. The van der Waals surface area contributed by atoms with E-state index in [1.807, 2.05) is 18.2 Å². The van der Waals surface area contributed by atoms with Crippen LogP contribution in [0.1, 0.15) is 28.8 Å². The van der Waals surface area contributed by atoms with Crippen molar-refractivity contribution in [2.75, 3.05) is 19.7 Å². The van der Waals surface area contributed by atoms with Crippen LogP contribution in [-0.2, 0) is 13.1 Å². The molecule has 144 valence electrons. The third-order valence-electron chi connectivity index (χ3n) is 5.79. The Morgan fingerprint density at radius 2 is 1.89 bits per heavy atom. The molecule has 6 heteroatoms. The molecule has 3 heterocycles. The van der Waals surface area contributed by atoms with Crippen LogP contribution < -0.4 is 5.32 Å². The number of nitrogens with zero attached hydrogens (tertiary/aromatic N) is 3. The second-order valence-corrected chi connectivity index (χ2v) is 7.75. The highest BCUT2D eigenvalue weighted by Gasteiger charge is 2.26. The Balaban J connectivity index is 1.55. The molecule has 0 saturated carbocycles. The first-order valence-corrected chi connectivity index (χ1v) is 9.95. The van der Waals surface area contributed by atoms with Crippen LogP contribution in [0.25, 0.3) is 22.4 Å². The minimum atomic E-state index is -0.328. The molecule has 0 radical (unpaired) electrons. The molecule has 6 nitrogen and oxygen atoms in total. The average molecular weight is 376 g/mol. The lowest BCUT2D eigenvalue weighted by molar-refractivity contribution is 0.0917. The lowest BCUT2D eigenvalue weighted by atomic mass is 10.1. The molecule has 0 bridgehead atoms. The SMILES string of the molecule is O=C1N[C@@H](CO)Cn2c(-c3ccc(CN4CCCC4)cc3)nc3cccc1c32. The highest BCUT2D eigenvalue weighted by Crippen LogP contribution is 2.29. The Morgan fingerprint density at radius 3 is 2.64 bits per heavy atom. The molecule has 0 aliphatic carbocycles. The van der Waals surface area contributed by atoms with Crippen LogP contribution in [0.3, 0.4) is 0 Å². The van der Waals surface area contributed by atoms with Crippen LogP contribution >= 0.6 is 0 Å². The van der Waals surface area contributed by atoms with E-state index in [1.54, 1.807) is 0 Å². The van der Waals surface area contributed by atoms with Crippen molar-refractivity contribution in [1.82, 2.24) is 19.8 Å². The molecule has 2 N–H and O–H groups in total. The number of aromatic nitrogens is 2. The molecule has 2 aliphatic rings. The van der Waals surface area contributed by atoms with Crippen LogP contribution in [0, 0.1) is 0 Å². The monoisotopic (exact) mass is 376 g/mol. The number of imidazole rings is 1. The number of para-hydroxylation sites is 1. The van der Waals surface area contributed by atoms with Crippen molar-refractivity contribution in [1.29, 1.82) is 0 Å². The van der Waals surface area contributed by atoms with E-state index in [4.69, 9.17) is 4.98 Å². The van der Waals surface area contributed by atoms with E-state index >= 15 is 0 Å². The Labute approximate surface area is 163 Å². The van der Waals surface area contributed by atoms with Gasteiger partial charge in [0.05, 0.1) is 29.2 Å². The van der Waals surface area contributed by atoms with Gasteiger partial charge in [-0.05, 0) is 43.6 Å². The van der Waals surface area contributed by atoms with Gasteiger partial charge in [-0.2, -0.15) is 0 Å². The topological polar surface area (TPSA) is 70.4 Å². The van der Waals surface area contributed by atoms with E-state index in [9.17, 15) is 9.90 Å². The number of hydrogen-bond acceptors (Lipinski definition) is 4. The molecule has 5 rings (SSSR count). The third kappa shape index (κ3) is 2.99. The Morgan fingerprint density at radius 1 is 1.11 bits per heavy atom. The second-order valence-electron chi connectivity index (χ2n) is 7.75. The van der Waals surface area contributed by atoms with E-state index in [-0.39, 0.29) is 18.6 Å². The highest BCUT2D eigenvalue weighted by atomic mass is 16.3. The molecule has 1 saturated heterocycles. The summed E-state index contributed by atoms with van der Waals surface area (Å²) in [5.74, 6) is 0.681. The molecule has 0 unspecified atom stereocenters. The van der Waals surface area contributed by atoms with E-state index in [2.05, 4.69) is 39.0 Å². The quantitative estimate of drug-likeness (QED) is 0.734. The Kier molecular flexibility index (Phi) is 4.37. The van der Waals surface area contributed by atoms with Gasteiger partial charge in [-0.3, -0.25) is 9.69 Å². The highest BCUT2D eigenvalue weighted by molar-refractivity contribution is 6.06. The molecule has 2 aliphatic heterocycles. The van der Waals surface area contributed by atoms with Gasteiger partial charge < -0.3 is 15.0 Å². The zero-order chi connectivity index (χ0) is 19.1. The fourth-order valence-electron chi connectivity index (χ4n) is 4.36. The van der Waals surface area contributed by atoms with Gasteiger partial charge in [0, 0.05) is 18.7 Å². The molecule has 1 amide bonds. The normalized spacial score (nSPS) is 19.8. The summed E-state index contributed by atoms with van der Waals surface area (Å²) in [6, 6.07) is 13.9. The maximum absolute atomic E-state index is 12.5. The third-order valence-corrected chi connectivity index (χ3v) is 5.79. The zero-order valence-electron chi connectivity index (χ0n) is 15.8. The molecule has 1 atom stereocenters. The fourth-order valence-corrected chi connectivity index (χ4v) is 4.36. The number of aliphatic hydroxyl groups is 1. The number of carbonyl (C=O) groups excluding carboxylic acids is 1. The lowest BCUT2D eigenvalue weighted by Gasteiger charge is -2.16. The molecule has 3 aromatic rings. The molecule has 2 aromatic carbocycles. The van der Waals surface area contributed by atoms with Crippen molar-refractivity contribution in [3.8, 4) is 11.4 Å². The molecule has 1 fully saturated rings. The van der Waals surface area contributed by atoms with Crippen molar-refractivity contribution in [2.24, 2.45) is 0 Å². The maximum Gasteiger partial charge on any atom is 0.253 e.